The molecule has 0 radical (unpaired) electrons. The highest BCUT2D eigenvalue weighted by molar-refractivity contribution is 5.88. The van der Waals surface area contributed by atoms with Crippen molar-refractivity contribution < 1.29 is 14.3 Å². The molecule has 2 aliphatic heterocycles. The molecule has 0 N–H and O–H groups in total. The summed E-state index contributed by atoms with van der Waals surface area (Å²) in [5, 5.41) is 0. The lowest BCUT2D eigenvalue weighted by atomic mass is 9.75. The van der Waals surface area contributed by atoms with Crippen LogP contribution in [0.15, 0.2) is 23.8 Å². The first-order valence-corrected chi connectivity index (χ1v) is 7.02. The van der Waals surface area contributed by atoms with Gasteiger partial charge in [-0.1, -0.05) is 12.2 Å². The Balaban J connectivity index is 1.98. The average Bonchev–Trinajstić information content (AvgIpc) is 2.75. The van der Waals surface area contributed by atoms with Gasteiger partial charge < -0.3 is 9.64 Å². The molecule has 2 heterocycles. The molecule has 0 aromatic carbocycles. The normalized spacial score (nSPS) is 33.7. The van der Waals surface area contributed by atoms with Crippen LogP contribution in [0.4, 0.5) is 0 Å². The molecule has 4 nitrogen and oxygen atoms in total. The Morgan fingerprint density at radius 1 is 1.47 bits per heavy atom. The second-order valence-corrected chi connectivity index (χ2v) is 5.58. The molecule has 1 saturated heterocycles. The minimum atomic E-state index is -0.585. The van der Waals surface area contributed by atoms with Crippen LogP contribution in [-0.2, 0) is 14.3 Å². The standard InChI is InChI=1S/C15H19NO3/c1-11(17)16-9-5-3-7-13(16)15-8-4-2-6-12(15)10-14(18)19-15/h2,6,10,13H,3-5,7-9H2,1H3/t13-,15+/m1/s1. The summed E-state index contributed by atoms with van der Waals surface area (Å²) in [6.07, 6.45) is 10.4. The molecule has 0 aromatic rings. The Bertz CT molecular complexity index is 480. The number of hydrogen-bond acceptors (Lipinski definition) is 3. The van der Waals surface area contributed by atoms with Crippen LogP contribution in [0.1, 0.15) is 39.0 Å². The summed E-state index contributed by atoms with van der Waals surface area (Å²) >= 11 is 0. The van der Waals surface area contributed by atoms with E-state index in [0.29, 0.717) is 0 Å². The van der Waals surface area contributed by atoms with Crippen molar-refractivity contribution in [1.82, 2.24) is 4.90 Å². The lowest BCUT2D eigenvalue weighted by molar-refractivity contribution is -0.159. The predicted molar refractivity (Wildman–Crippen MR) is 70.3 cm³/mol. The molecule has 1 aliphatic carbocycles. The van der Waals surface area contributed by atoms with E-state index in [0.717, 1.165) is 44.2 Å². The van der Waals surface area contributed by atoms with Crippen molar-refractivity contribution in [2.75, 3.05) is 6.54 Å². The third kappa shape index (κ3) is 1.90. The molecule has 1 amide bonds. The van der Waals surface area contributed by atoms with E-state index in [2.05, 4.69) is 6.08 Å². The van der Waals surface area contributed by atoms with Crippen molar-refractivity contribution >= 4 is 11.9 Å². The fraction of sp³-hybridized carbons (Fsp3) is 0.600. The van der Waals surface area contributed by atoms with Crippen LogP contribution in [0.25, 0.3) is 0 Å². The summed E-state index contributed by atoms with van der Waals surface area (Å²) in [5.41, 5.74) is 0.361. The van der Waals surface area contributed by atoms with Crippen LogP contribution in [0, 0.1) is 0 Å². The highest BCUT2D eigenvalue weighted by atomic mass is 16.6. The van der Waals surface area contributed by atoms with Crippen LogP contribution in [0.5, 0.6) is 0 Å². The van der Waals surface area contributed by atoms with E-state index in [4.69, 9.17) is 4.74 Å². The van der Waals surface area contributed by atoms with Gasteiger partial charge in [0.2, 0.25) is 5.91 Å². The molecule has 0 unspecified atom stereocenters. The minimum absolute atomic E-state index is 0.00130. The van der Waals surface area contributed by atoms with Crippen LogP contribution in [-0.4, -0.2) is 35.0 Å². The molecule has 19 heavy (non-hydrogen) atoms. The molecular weight excluding hydrogens is 242 g/mol. The van der Waals surface area contributed by atoms with Gasteiger partial charge >= 0.3 is 5.97 Å². The number of hydrogen-bond donors (Lipinski definition) is 0. The van der Waals surface area contributed by atoms with E-state index in [1.807, 2.05) is 11.0 Å². The van der Waals surface area contributed by atoms with Gasteiger partial charge in [-0.05, 0) is 32.1 Å². The van der Waals surface area contributed by atoms with Crippen molar-refractivity contribution in [3.63, 3.8) is 0 Å². The lowest BCUT2D eigenvalue weighted by Crippen LogP contribution is -2.57. The number of esters is 1. The molecule has 102 valence electrons. The van der Waals surface area contributed by atoms with Gasteiger partial charge in [0.05, 0.1) is 6.04 Å². The molecule has 0 saturated carbocycles. The molecule has 0 aromatic heterocycles. The third-order valence-electron chi connectivity index (χ3n) is 4.47. The van der Waals surface area contributed by atoms with Crippen molar-refractivity contribution in [3.05, 3.63) is 23.8 Å². The number of allylic oxidation sites excluding steroid dienone is 1. The Kier molecular flexibility index (Phi) is 2.96. The maximum Gasteiger partial charge on any atom is 0.332 e. The van der Waals surface area contributed by atoms with Crippen molar-refractivity contribution in [2.24, 2.45) is 0 Å². The summed E-state index contributed by atoms with van der Waals surface area (Å²) in [6, 6.07) is 0.00130. The summed E-state index contributed by atoms with van der Waals surface area (Å²) in [4.78, 5) is 25.5. The monoisotopic (exact) mass is 261 g/mol. The molecular formula is C15H19NO3. The zero-order valence-electron chi connectivity index (χ0n) is 11.2. The average molecular weight is 261 g/mol. The maximum absolute atomic E-state index is 11.9. The van der Waals surface area contributed by atoms with Gasteiger partial charge in [0, 0.05) is 25.1 Å². The second kappa shape index (κ2) is 4.51. The molecule has 2 atom stereocenters. The smallest absolute Gasteiger partial charge is 0.332 e. The Hall–Kier alpha value is -1.58. The first-order chi connectivity index (χ1) is 9.13. The SMILES string of the molecule is CC(=O)N1CCCC[C@@H]1[C@]12CCC=CC1=CC(=O)O2. The molecule has 0 bridgehead atoms. The summed E-state index contributed by atoms with van der Waals surface area (Å²) in [5.74, 6) is -0.188. The van der Waals surface area contributed by atoms with Gasteiger partial charge in [0.15, 0.2) is 5.60 Å². The lowest BCUT2D eigenvalue weighted by Gasteiger charge is -2.47. The Labute approximate surface area is 113 Å². The third-order valence-corrected chi connectivity index (χ3v) is 4.47. The number of ether oxygens (including phenoxy) is 1. The first-order valence-electron chi connectivity index (χ1n) is 7.02. The van der Waals surface area contributed by atoms with Crippen molar-refractivity contribution in [2.45, 2.75) is 50.7 Å². The number of nitrogens with zero attached hydrogens (tertiary/aromatic N) is 1. The molecule has 1 fully saturated rings. The van der Waals surface area contributed by atoms with E-state index >= 15 is 0 Å². The minimum Gasteiger partial charge on any atom is -0.449 e. The fourth-order valence-electron chi connectivity index (χ4n) is 3.63. The molecule has 3 aliphatic rings. The van der Waals surface area contributed by atoms with Gasteiger partial charge in [-0.3, -0.25) is 4.79 Å². The number of carbonyl (C=O) groups excluding carboxylic acids is 2. The van der Waals surface area contributed by atoms with Gasteiger partial charge in [-0.2, -0.15) is 0 Å². The molecule has 0 spiro atoms. The van der Waals surface area contributed by atoms with Crippen LogP contribution < -0.4 is 0 Å². The van der Waals surface area contributed by atoms with Gasteiger partial charge in [0.1, 0.15) is 0 Å². The van der Waals surface area contributed by atoms with Crippen LogP contribution in [0.3, 0.4) is 0 Å². The van der Waals surface area contributed by atoms with Crippen molar-refractivity contribution in [3.8, 4) is 0 Å². The van der Waals surface area contributed by atoms with Crippen molar-refractivity contribution in [1.29, 1.82) is 0 Å². The van der Waals surface area contributed by atoms with Gasteiger partial charge in [-0.15, -0.1) is 0 Å². The first kappa shape index (κ1) is 12.5. The largest absolute Gasteiger partial charge is 0.449 e. The predicted octanol–water partition coefficient (Wildman–Crippen LogP) is 1.96. The number of amides is 1. The number of likely N-dealkylation sites (tertiary alicyclic amines) is 1. The number of piperidine rings is 1. The maximum atomic E-state index is 11.9. The molecule has 3 rings (SSSR count). The van der Waals surface area contributed by atoms with E-state index in [1.165, 1.54) is 0 Å². The topological polar surface area (TPSA) is 46.6 Å². The summed E-state index contributed by atoms with van der Waals surface area (Å²) in [7, 11) is 0. The van der Waals surface area contributed by atoms with E-state index < -0.39 is 5.60 Å². The summed E-state index contributed by atoms with van der Waals surface area (Å²) < 4.78 is 5.70. The highest BCUT2D eigenvalue weighted by Crippen LogP contribution is 2.44. The van der Waals surface area contributed by atoms with Gasteiger partial charge in [-0.25, -0.2) is 4.79 Å². The zero-order chi connectivity index (χ0) is 13.5. The number of fused-ring (bicyclic) bond motifs is 1. The van der Waals surface area contributed by atoms with Crippen LogP contribution in [0.2, 0.25) is 0 Å². The fourth-order valence-corrected chi connectivity index (χ4v) is 3.63. The van der Waals surface area contributed by atoms with Crippen LogP contribution >= 0.6 is 0 Å². The quantitative estimate of drug-likeness (QED) is 0.678. The second-order valence-electron chi connectivity index (χ2n) is 5.58. The van der Waals surface area contributed by atoms with E-state index in [-0.39, 0.29) is 17.9 Å². The van der Waals surface area contributed by atoms with E-state index in [1.54, 1.807) is 13.0 Å². The van der Waals surface area contributed by atoms with Gasteiger partial charge in [0.25, 0.3) is 0 Å². The van der Waals surface area contributed by atoms with E-state index in [9.17, 15) is 9.59 Å². The number of carbonyl (C=O) groups is 2. The highest BCUT2D eigenvalue weighted by Gasteiger charge is 2.52. The Morgan fingerprint density at radius 3 is 3.11 bits per heavy atom. The number of rotatable bonds is 1. The molecule has 4 heteroatoms. The zero-order valence-corrected chi connectivity index (χ0v) is 11.2. The summed E-state index contributed by atoms with van der Waals surface area (Å²) in [6.45, 7) is 2.38. The Morgan fingerprint density at radius 2 is 2.32 bits per heavy atom.